The third kappa shape index (κ3) is 1.93. The molecule has 3 rings (SSSR count). The zero-order chi connectivity index (χ0) is 11.8. The van der Waals surface area contributed by atoms with Gasteiger partial charge in [0.25, 0.3) is 0 Å². The van der Waals surface area contributed by atoms with Crippen LogP contribution in [0.1, 0.15) is 35.7 Å². The monoisotopic (exact) mass is 230 g/mol. The predicted octanol–water partition coefficient (Wildman–Crippen LogP) is 1.81. The smallest absolute Gasteiger partial charge is 0.155 e. The van der Waals surface area contributed by atoms with Crippen LogP contribution in [0.3, 0.4) is 0 Å². The molecule has 0 spiro atoms. The molecule has 17 heavy (non-hydrogen) atoms. The fourth-order valence-corrected chi connectivity index (χ4v) is 2.71. The van der Waals surface area contributed by atoms with E-state index in [2.05, 4.69) is 34.6 Å². The lowest BCUT2D eigenvalue weighted by atomic mass is 9.89. The summed E-state index contributed by atoms with van der Waals surface area (Å²) in [4.78, 5) is 4.40. The van der Waals surface area contributed by atoms with Gasteiger partial charge < -0.3 is 5.32 Å². The van der Waals surface area contributed by atoms with Crippen LogP contribution in [0.15, 0.2) is 12.3 Å². The lowest BCUT2D eigenvalue weighted by molar-refractivity contribution is 0.457. The van der Waals surface area contributed by atoms with Crippen LogP contribution >= 0.6 is 0 Å². The number of aromatic nitrogens is 3. The maximum absolute atomic E-state index is 4.40. The van der Waals surface area contributed by atoms with Crippen molar-refractivity contribution in [2.45, 2.75) is 32.6 Å². The number of aryl methyl sites for hydroxylation is 2. The molecule has 1 saturated heterocycles. The highest BCUT2D eigenvalue weighted by atomic mass is 15.3. The molecule has 4 heteroatoms. The van der Waals surface area contributed by atoms with Crippen LogP contribution in [0.2, 0.25) is 0 Å². The average Bonchev–Trinajstić information content (AvgIpc) is 2.68. The van der Waals surface area contributed by atoms with Crippen LogP contribution in [0, 0.1) is 13.8 Å². The Balaban J connectivity index is 2.05. The summed E-state index contributed by atoms with van der Waals surface area (Å²) in [5, 5.41) is 7.81. The van der Waals surface area contributed by atoms with Gasteiger partial charge in [-0.25, -0.2) is 9.50 Å². The van der Waals surface area contributed by atoms with Gasteiger partial charge in [-0.15, -0.1) is 0 Å². The van der Waals surface area contributed by atoms with Crippen LogP contribution in [0.25, 0.3) is 5.65 Å². The number of hydrogen-bond acceptors (Lipinski definition) is 3. The largest absolute Gasteiger partial charge is 0.317 e. The van der Waals surface area contributed by atoms with Crippen LogP contribution in [0.5, 0.6) is 0 Å². The quantitative estimate of drug-likeness (QED) is 0.812. The van der Waals surface area contributed by atoms with Crippen LogP contribution in [0.4, 0.5) is 0 Å². The lowest BCUT2D eigenvalue weighted by Crippen LogP contribution is -2.27. The van der Waals surface area contributed by atoms with Crippen molar-refractivity contribution in [3.8, 4) is 0 Å². The van der Waals surface area contributed by atoms with E-state index >= 15 is 0 Å². The van der Waals surface area contributed by atoms with Crippen LogP contribution < -0.4 is 5.32 Å². The maximum atomic E-state index is 4.40. The van der Waals surface area contributed by atoms with Gasteiger partial charge in [0.1, 0.15) is 5.82 Å². The van der Waals surface area contributed by atoms with Gasteiger partial charge in [0.15, 0.2) is 5.65 Å². The van der Waals surface area contributed by atoms with Gasteiger partial charge in [0, 0.05) is 6.20 Å². The SMILES string of the molecule is Cc1nc2cc(C)c(C3CCNCC3)cn2n1. The minimum absolute atomic E-state index is 0.671. The number of nitrogens with zero attached hydrogens (tertiary/aromatic N) is 3. The van der Waals surface area contributed by atoms with Gasteiger partial charge in [-0.05, 0) is 62.9 Å². The molecule has 0 bridgehead atoms. The molecule has 1 aliphatic rings. The summed E-state index contributed by atoms with van der Waals surface area (Å²) in [6.45, 7) is 6.37. The Kier molecular flexibility index (Phi) is 2.59. The molecule has 0 amide bonds. The molecule has 1 N–H and O–H groups in total. The zero-order valence-corrected chi connectivity index (χ0v) is 10.4. The van der Waals surface area contributed by atoms with E-state index in [-0.39, 0.29) is 0 Å². The minimum Gasteiger partial charge on any atom is -0.317 e. The first-order valence-corrected chi connectivity index (χ1v) is 6.28. The Morgan fingerprint density at radius 1 is 1.29 bits per heavy atom. The average molecular weight is 230 g/mol. The van der Waals surface area contributed by atoms with Gasteiger partial charge >= 0.3 is 0 Å². The molecule has 90 valence electrons. The highest BCUT2D eigenvalue weighted by Crippen LogP contribution is 2.28. The number of piperidine rings is 1. The molecule has 0 aromatic carbocycles. The lowest BCUT2D eigenvalue weighted by Gasteiger charge is -2.24. The predicted molar refractivity (Wildman–Crippen MR) is 67.3 cm³/mol. The number of fused-ring (bicyclic) bond motifs is 1. The Morgan fingerprint density at radius 2 is 2.06 bits per heavy atom. The fraction of sp³-hybridized carbons (Fsp3) is 0.538. The van der Waals surface area contributed by atoms with Gasteiger partial charge in [0.05, 0.1) is 0 Å². The summed E-state index contributed by atoms with van der Waals surface area (Å²) < 4.78 is 1.92. The first-order valence-electron chi connectivity index (χ1n) is 6.28. The van der Waals surface area contributed by atoms with Crippen molar-refractivity contribution in [2.24, 2.45) is 0 Å². The Hall–Kier alpha value is -1.42. The van der Waals surface area contributed by atoms with E-state index in [1.54, 1.807) is 0 Å². The van der Waals surface area contributed by atoms with Gasteiger partial charge in [-0.2, -0.15) is 5.10 Å². The molecule has 2 aromatic heterocycles. The normalized spacial score (nSPS) is 17.8. The second-order valence-electron chi connectivity index (χ2n) is 4.90. The maximum Gasteiger partial charge on any atom is 0.155 e. The van der Waals surface area contributed by atoms with Crippen LogP contribution in [-0.2, 0) is 0 Å². The van der Waals surface area contributed by atoms with Crippen LogP contribution in [-0.4, -0.2) is 27.7 Å². The van der Waals surface area contributed by atoms with Gasteiger partial charge in [-0.3, -0.25) is 0 Å². The molecule has 0 atom stereocenters. The summed E-state index contributed by atoms with van der Waals surface area (Å²) in [7, 11) is 0. The van der Waals surface area contributed by atoms with E-state index in [4.69, 9.17) is 0 Å². The summed E-state index contributed by atoms with van der Waals surface area (Å²) in [5.41, 5.74) is 3.73. The van der Waals surface area contributed by atoms with E-state index in [9.17, 15) is 0 Å². The van der Waals surface area contributed by atoms with Crippen molar-refractivity contribution >= 4 is 5.65 Å². The molecule has 1 aliphatic heterocycles. The second kappa shape index (κ2) is 4.11. The number of pyridine rings is 1. The third-order valence-corrected chi connectivity index (χ3v) is 3.60. The first-order chi connectivity index (χ1) is 8.24. The third-order valence-electron chi connectivity index (χ3n) is 3.60. The molecule has 4 nitrogen and oxygen atoms in total. The number of rotatable bonds is 1. The Labute approximate surface area is 101 Å². The molecule has 0 unspecified atom stereocenters. The van der Waals surface area contributed by atoms with Crippen molar-refractivity contribution in [1.29, 1.82) is 0 Å². The molecule has 2 aromatic rings. The van der Waals surface area contributed by atoms with Gasteiger partial charge in [0.2, 0.25) is 0 Å². The van der Waals surface area contributed by atoms with E-state index < -0.39 is 0 Å². The summed E-state index contributed by atoms with van der Waals surface area (Å²) in [6, 6.07) is 2.15. The molecule has 0 aliphatic carbocycles. The molecule has 3 heterocycles. The Bertz CT molecular complexity index is 538. The summed E-state index contributed by atoms with van der Waals surface area (Å²) in [5.74, 6) is 1.51. The highest BCUT2D eigenvalue weighted by Gasteiger charge is 2.18. The van der Waals surface area contributed by atoms with Crippen molar-refractivity contribution in [2.75, 3.05) is 13.1 Å². The molecule has 0 radical (unpaired) electrons. The standard InChI is InChI=1S/C13H18N4/c1-9-7-13-15-10(2)16-17(13)8-12(9)11-3-5-14-6-4-11/h7-8,11,14H,3-6H2,1-2H3. The number of nitrogens with one attached hydrogen (secondary N) is 1. The Morgan fingerprint density at radius 3 is 2.82 bits per heavy atom. The zero-order valence-electron chi connectivity index (χ0n) is 10.4. The van der Waals surface area contributed by atoms with E-state index in [0.717, 1.165) is 24.6 Å². The second-order valence-corrected chi connectivity index (χ2v) is 4.90. The first kappa shape index (κ1) is 10.7. The molecule has 1 fully saturated rings. The highest BCUT2D eigenvalue weighted by molar-refractivity contribution is 5.44. The van der Waals surface area contributed by atoms with Crippen molar-refractivity contribution in [3.05, 3.63) is 29.2 Å². The van der Waals surface area contributed by atoms with E-state index in [1.807, 2.05) is 11.4 Å². The topological polar surface area (TPSA) is 42.2 Å². The summed E-state index contributed by atoms with van der Waals surface area (Å²) >= 11 is 0. The van der Waals surface area contributed by atoms with Crippen molar-refractivity contribution in [1.82, 2.24) is 19.9 Å². The minimum atomic E-state index is 0.671. The molecular formula is C13H18N4. The van der Waals surface area contributed by atoms with E-state index in [1.165, 1.54) is 24.0 Å². The molecular weight excluding hydrogens is 212 g/mol. The fourth-order valence-electron chi connectivity index (χ4n) is 2.71. The summed E-state index contributed by atoms with van der Waals surface area (Å²) in [6.07, 6.45) is 4.61. The number of hydrogen-bond donors (Lipinski definition) is 1. The molecule has 0 saturated carbocycles. The van der Waals surface area contributed by atoms with E-state index in [0.29, 0.717) is 5.92 Å². The van der Waals surface area contributed by atoms with Gasteiger partial charge in [-0.1, -0.05) is 0 Å². The van der Waals surface area contributed by atoms with Crippen molar-refractivity contribution < 1.29 is 0 Å². The van der Waals surface area contributed by atoms with Crippen molar-refractivity contribution in [3.63, 3.8) is 0 Å².